The number of nitrogen functional groups attached to an aromatic ring is 1. The smallest absolute Gasteiger partial charge is 0.352 e. The molecule has 6 heterocycles. The Labute approximate surface area is 263 Å². The Morgan fingerprint density at radius 2 is 2.02 bits per heavy atom. The van der Waals surface area contributed by atoms with Crippen LogP contribution in [0.3, 0.4) is 0 Å². The number of aliphatic carboxylic acids is 1. The van der Waals surface area contributed by atoms with Gasteiger partial charge in [-0.3, -0.25) is 23.2 Å². The maximum absolute atomic E-state index is 12.9. The molecule has 0 bridgehead atoms. The average molecular weight is 682 g/mol. The Morgan fingerprint density at radius 3 is 2.76 bits per heavy atom. The summed E-state index contributed by atoms with van der Waals surface area (Å²) in [4.78, 5) is 51.5. The molecule has 3 aliphatic rings. The minimum atomic E-state index is -4.51. The molecule has 2 fully saturated rings. The number of hydrogen-bond acceptors (Lipinski definition) is 15. The van der Waals surface area contributed by atoms with E-state index in [1.54, 1.807) is 0 Å². The topological polar surface area (TPSA) is 249 Å². The molecular weight excluding hydrogens is 655 g/mol. The Morgan fingerprint density at radius 1 is 1.22 bits per heavy atom. The molecule has 0 aromatic carbocycles. The van der Waals surface area contributed by atoms with E-state index in [2.05, 4.69) is 19.7 Å². The highest BCUT2D eigenvalue weighted by molar-refractivity contribution is 8.00. The summed E-state index contributed by atoms with van der Waals surface area (Å²) in [6.45, 7) is -1.17. The number of carboxylic acid groups (broad SMARTS) is 1. The summed E-state index contributed by atoms with van der Waals surface area (Å²) in [5, 5.41) is 32.3. The molecule has 45 heavy (non-hydrogen) atoms. The zero-order chi connectivity index (χ0) is 32.0. The number of carbonyl (C=O) groups is 3. The van der Waals surface area contributed by atoms with Crippen molar-refractivity contribution in [2.24, 2.45) is 5.92 Å². The average Bonchev–Trinajstić information content (AvgIpc) is 3.74. The molecule has 3 aromatic heterocycles. The third kappa shape index (κ3) is 6.06. The Hall–Kier alpha value is -3.50. The number of carbonyl (C=O) groups excluding carboxylic acids is 2. The second kappa shape index (κ2) is 12.4. The van der Waals surface area contributed by atoms with Gasteiger partial charge in [-0.05, 0) is 17.0 Å². The molecule has 6 rings (SSSR count). The molecule has 2 saturated heterocycles. The van der Waals surface area contributed by atoms with E-state index in [1.807, 2.05) is 17.5 Å². The number of carboxylic acids is 1. The molecule has 0 saturated carbocycles. The molecule has 17 nitrogen and oxygen atoms in total. The Kier molecular flexibility index (Phi) is 8.65. The van der Waals surface area contributed by atoms with Crippen LogP contribution in [0.5, 0.6) is 0 Å². The second-order valence-electron chi connectivity index (χ2n) is 10.5. The summed E-state index contributed by atoms with van der Waals surface area (Å²) < 4.78 is 39.5. The molecule has 3 aliphatic heterocycles. The lowest BCUT2D eigenvalue weighted by atomic mass is 9.89. The molecule has 0 spiro atoms. The Balaban J connectivity index is 1.06. The predicted octanol–water partition coefficient (Wildman–Crippen LogP) is -0.988. The van der Waals surface area contributed by atoms with Gasteiger partial charge in [-0.15, -0.1) is 23.1 Å². The van der Waals surface area contributed by atoms with Gasteiger partial charge in [0.15, 0.2) is 17.7 Å². The lowest BCUT2D eigenvalue weighted by Gasteiger charge is -2.49. The zero-order valence-electron chi connectivity index (χ0n) is 23.1. The van der Waals surface area contributed by atoms with Crippen LogP contribution in [0.4, 0.5) is 5.82 Å². The number of Topliss-reactive ketones (excluding diaryl/α,β-unsaturated/α-hetero) is 1. The molecule has 6 atom stereocenters. The first kappa shape index (κ1) is 31.5. The lowest BCUT2D eigenvalue weighted by Crippen LogP contribution is -2.62. The van der Waals surface area contributed by atoms with Crippen molar-refractivity contribution in [3.8, 4) is 0 Å². The number of β-lactam (4-membered cyclic amide) rings is 1. The van der Waals surface area contributed by atoms with Crippen molar-refractivity contribution in [1.29, 1.82) is 0 Å². The summed E-state index contributed by atoms with van der Waals surface area (Å²) in [7, 11) is -4.51. The summed E-state index contributed by atoms with van der Waals surface area (Å²) in [5.74, 6) is -2.52. The number of thiophene rings is 1. The van der Waals surface area contributed by atoms with Crippen molar-refractivity contribution in [2.45, 2.75) is 42.8 Å². The summed E-state index contributed by atoms with van der Waals surface area (Å²) in [6.07, 6.45) is -2.86. The van der Waals surface area contributed by atoms with Gasteiger partial charge in [-0.1, -0.05) is 6.07 Å². The number of ether oxygens (including phenoxy) is 1. The number of fused-ring (bicyclic) bond motifs is 2. The van der Waals surface area contributed by atoms with Crippen molar-refractivity contribution in [1.82, 2.24) is 29.1 Å². The fraction of sp³-hybridized carbons (Fsp3) is 0.440. The largest absolute Gasteiger partial charge is 0.477 e. The van der Waals surface area contributed by atoms with Gasteiger partial charge >= 0.3 is 16.3 Å². The normalized spacial score (nSPS) is 26.7. The molecular formula is C25H27N7O10S3. The van der Waals surface area contributed by atoms with Gasteiger partial charge in [0.05, 0.1) is 24.2 Å². The minimum absolute atomic E-state index is 0.0168. The van der Waals surface area contributed by atoms with Crippen molar-refractivity contribution in [2.75, 3.05) is 24.6 Å². The summed E-state index contributed by atoms with van der Waals surface area (Å²) in [5.41, 5.74) is 6.05. The van der Waals surface area contributed by atoms with Crippen LogP contribution in [-0.2, 0) is 40.0 Å². The molecule has 3 aromatic rings. The van der Waals surface area contributed by atoms with E-state index in [9.17, 15) is 38.1 Å². The standard InChI is InChI=1S/C25H27N7O10S3/c26-20-16-21(28-9-27-20)31(10-29-16)23-19(35)18(34)15(42-23)7-41-45(39,40)30-6-11-8-44-24-14(22(36)32(24)17(11)25(37)38)5-12(33)4-13-2-1-3-43-13/h1-3,9-10,14-15,18-19,23-24,30,34-35H,4-8H2,(H,37,38)(H2,26,27,28)/t14-,15-,18-,19-,23-,24-/m1/s1. The SMILES string of the molecule is Nc1ncnc2c1ncn2[C@@H]1O[C@H](COS(=O)(=O)NCC2=C(C(=O)O)N3C(=O)[C@@H](CC(=O)Cc4cccs4)[C@H]3SC2)[C@@H](O)[C@H]1O. The van der Waals surface area contributed by atoms with Crippen LogP contribution in [0.15, 0.2) is 41.4 Å². The monoisotopic (exact) mass is 681 g/mol. The highest BCUT2D eigenvalue weighted by atomic mass is 32.2. The van der Waals surface area contributed by atoms with Gasteiger partial charge in [0.1, 0.15) is 41.6 Å². The first-order chi connectivity index (χ1) is 21.4. The van der Waals surface area contributed by atoms with E-state index in [4.69, 9.17) is 14.7 Å². The number of aliphatic hydroxyl groups is 2. The van der Waals surface area contributed by atoms with Crippen molar-refractivity contribution in [3.05, 3.63) is 46.3 Å². The highest BCUT2D eigenvalue weighted by Crippen LogP contribution is 2.45. The maximum atomic E-state index is 12.9. The maximum Gasteiger partial charge on any atom is 0.352 e. The number of ketones is 1. The van der Waals surface area contributed by atoms with Crippen LogP contribution in [0.25, 0.3) is 11.2 Å². The Bertz CT molecular complexity index is 1780. The molecule has 1 amide bonds. The van der Waals surface area contributed by atoms with Crippen LogP contribution >= 0.6 is 23.1 Å². The molecule has 20 heteroatoms. The van der Waals surface area contributed by atoms with Crippen LogP contribution in [0.2, 0.25) is 0 Å². The number of nitrogens with zero attached hydrogens (tertiary/aromatic N) is 5. The zero-order valence-corrected chi connectivity index (χ0v) is 25.6. The van der Waals surface area contributed by atoms with E-state index >= 15 is 0 Å². The second-order valence-corrected chi connectivity index (χ2v) is 14.0. The van der Waals surface area contributed by atoms with Crippen molar-refractivity contribution in [3.63, 3.8) is 0 Å². The van der Waals surface area contributed by atoms with Crippen LogP contribution in [-0.4, -0.2) is 108 Å². The number of rotatable bonds is 12. The number of aliphatic hydroxyl groups excluding tert-OH is 2. The highest BCUT2D eigenvalue weighted by Gasteiger charge is 2.53. The van der Waals surface area contributed by atoms with E-state index in [0.29, 0.717) is 0 Å². The van der Waals surface area contributed by atoms with E-state index < -0.39 is 71.2 Å². The van der Waals surface area contributed by atoms with E-state index in [-0.39, 0.29) is 52.6 Å². The van der Waals surface area contributed by atoms with Gasteiger partial charge in [-0.25, -0.2) is 19.7 Å². The lowest BCUT2D eigenvalue weighted by molar-refractivity contribution is -0.153. The van der Waals surface area contributed by atoms with Crippen molar-refractivity contribution >= 4 is 68.0 Å². The van der Waals surface area contributed by atoms with Gasteiger partial charge in [0.25, 0.3) is 0 Å². The first-order valence-corrected chi connectivity index (χ1v) is 16.8. The number of amides is 1. The number of aromatic nitrogens is 4. The molecule has 0 radical (unpaired) electrons. The van der Waals surface area contributed by atoms with Gasteiger partial charge in [-0.2, -0.15) is 13.1 Å². The molecule has 6 N–H and O–H groups in total. The number of nitrogens with two attached hydrogens (primary N) is 1. The predicted molar refractivity (Wildman–Crippen MR) is 157 cm³/mol. The number of anilines is 1. The van der Waals surface area contributed by atoms with Gasteiger partial charge in [0.2, 0.25) is 5.91 Å². The number of thioether (sulfide) groups is 1. The fourth-order valence-electron chi connectivity index (χ4n) is 5.41. The van der Waals surface area contributed by atoms with Crippen LogP contribution in [0.1, 0.15) is 17.5 Å². The van der Waals surface area contributed by atoms with Crippen LogP contribution < -0.4 is 10.5 Å². The van der Waals surface area contributed by atoms with Gasteiger partial charge < -0.3 is 25.8 Å². The number of imidazole rings is 1. The quantitative estimate of drug-likeness (QED) is 0.144. The first-order valence-electron chi connectivity index (χ1n) is 13.5. The van der Waals surface area contributed by atoms with Crippen LogP contribution in [0, 0.1) is 5.92 Å². The third-order valence-electron chi connectivity index (χ3n) is 7.61. The molecule has 0 unspecified atom stereocenters. The van der Waals surface area contributed by atoms with E-state index in [0.717, 1.165) is 9.78 Å². The molecule has 0 aliphatic carbocycles. The summed E-state index contributed by atoms with van der Waals surface area (Å²) >= 11 is 2.68. The fourth-order valence-corrected chi connectivity index (χ4v) is 8.30. The minimum Gasteiger partial charge on any atom is -0.477 e. The van der Waals surface area contributed by atoms with E-state index in [1.165, 1.54) is 40.3 Å². The summed E-state index contributed by atoms with van der Waals surface area (Å²) in [6, 6.07) is 3.66. The van der Waals surface area contributed by atoms with Gasteiger partial charge in [0, 0.05) is 30.0 Å². The molecule has 240 valence electrons. The third-order valence-corrected chi connectivity index (χ3v) is 10.8. The van der Waals surface area contributed by atoms with Crippen molar-refractivity contribution < 1.29 is 47.0 Å². The number of nitrogens with one attached hydrogen (secondary N) is 1. The number of hydrogen-bond donors (Lipinski definition) is 5.